The van der Waals surface area contributed by atoms with Gasteiger partial charge in [0.25, 0.3) is 0 Å². The zero-order valence-corrected chi connectivity index (χ0v) is 15.0. The number of nitrogens with one attached hydrogen (secondary N) is 2. The van der Waals surface area contributed by atoms with Crippen molar-refractivity contribution in [1.29, 1.82) is 0 Å². The van der Waals surface area contributed by atoms with Crippen molar-refractivity contribution in [3.8, 4) is 0 Å². The highest BCUT2D eigenvalue weighted by atomic mass is 79.9. The number of primary amides is 1. The van der Waals surface area contributed by atoms with Crippen molar-refractivity contribution in [2.75, 3.05) is 17.2 Å². The molecule has 0 saturated carbocycles. The molecule has 0 fully saturated rings. The van der Waals surface area contributed by atoms with Crippen LogP contribution in [0.2, 0.25) is 0 Å². The van der Waals surface area contributed by atoms with Crippen molar-refractivity contribution >= 4 is 39.3 Å². The van der Waals surface area contributed by atoms with Crippen molar-refractivity contribution in [3.63, 3.8) is 0 Å². The van der Waals surface area contributed by atoms with Gasteiger partial charge in [0.2, 0.25) is 11.9 Å². The normalized spacial score (nSPS) is 12.0. The van der Waals surface area contributed by atoms with Gasteiger partial charge >= 0.3 is 0 Å². The second-order valence-electron chi connectivity index (χ2n) is 5.64. The van der Waals surface area contributed by atoms with Crippen LogP contribution in [0.5, 0.6) is 0 Å². The lowest BCUT2D eigenvalue weighted by Crippen LogP contribution is -2.30. The number of nitrogens with zero attached hydrogens (tertiary/aromatic N) is 2. The second-order valence-corrected chi connectivity index (χ2v) is 6.49. The van der Waals surface area contributed by atoms with Crippen molar-refractivity contribution < 1.29 is 9.90 Å². The summed E-state index contributed by atoms with van der Waals surface area (Å²) in [6.07, 6.45) is 1.62. The Morgan fingerprint density at radius 2 is 2.17 bits per heavy atom. The summed E-state index contributed by atoms with van der Waals surface area (Å²) in [7, 11) is 0. The van der Waals surface area contributed by atoms with Crippen LogP contribution in [-0.2, 0) is 0 Å². The van der Waals surface area contributed by atoms with E-state index < -0.39 is 5.91 Å². The number of hydrogen-bond acceptors (Lipinski definition) is 6. The van der Waals surface area contributed by atoms with Gasteiger partial charge in [-0.15, -0.1) is 0 Å². The van der Waals surface area contributed by atoms with E-state index in [0.717, 1.165) is 0 Å². The van der Waals surface area contributed by atoms with Gasteiger partial charge in [-0.3, -0.25) is 4.79 Å². The third-order valence-electron chi connectivity index (χ3n) is 3.47. The number of hydrogen-bond donors (Lipinski definition) is 4. The number of aromatic nitrogens is 2. The summed E-state index contributed by atoms with van der Waals surface area (Å²) in [6.45, 7) is 4.02. The minimum Gasteiger partial charge on any atom is -0.394 e. The number of nitrogens with two attached hydrogens (primary N) is 1. The fraction of sp³-hybridized carbons (Fsp3) is 0.312. The molecule has 0 aliphatic heterocycles. The van der Waals surface area contributed by atoms with E-state index in [4.69, 9.17) is 5.73 Å². The van der Waals surface area contributed by atoms with Crippen LogP contribution in [0.15, 0.2) is 34.9 Å². The number of carbonyl (C=O) groups is 1. The number of carbonyl (C=O) groups excluding carboxylic acids is 1. The van der Waals surface area contributed by atoms with Crippen LogP contribution in [0.25, 0.3) is 0 Å². The number of benzene rings is 1. The standard InChI is InChI=1S/C16H20BrN5O2/c1-9(2)13(8-23)21-15-12(17)7-19-16(22-15)20-11-5-3-4-10(6-11)14(18)24/h3-7,9,13,23H,8H2,1-2H3,(H2,18,24)(H2,19,20,21,22)/t13-/m0/s1. The van der Waals surface area contributed by atoms with Crippen molar-refractivity contribution in [1.82, 2.24) is 9.97 Å². The first-order valence-electron chi connectivity index (χ1n) is 7.47. The SMILES string of the molecule is CC(C)[C@H](CO)Nc1nc(Nc2cccc(C(N)=O)c2)ncc1Br. The van der Waals surface area contributed by atoms with E-state index in [1.807, 2.05) is 13.8 Å². The number of aliphatic hydroxyl groups excluding tert-OH is 1. The van der Waals surface area contributed by atoms with Gasteiger partial charge in [0.15, 0.2) is 0 Å². The van der Waals surface area contributed by atoms with E-state index in [1.54, 1.807) is 30.5 Å². The summed E-state index contributed by atoms with van der Waals surface area (Å²) in [5, 5.41) is 15.7. The molecule has 128 valence electrons. The molecule has 1 heterocycles. The molecule has 24 heavy (non-hydrogen) atoms. The van der Waals surface area contributed by atoms with Crippen LogP contribution in [0, 0.1) is 5.92 Å². The average Bonchev–Trinajstić information content (AvgIpc) is 2.55. The molecule has 0 saturated heterocycles. The maximum atomic E-state index is 11.2. The molecule has 1 aromatic carbocycles. The molecule has 0 spiro atoms. The molecule has 8 heteroatoms. The summed E-state index contributed by atoms with van der Waals surface area (Å²) in [5.74, 6) is 0.676. The molecule has 1 amide bonds. The van der Waals surface area contributed by atoms with Crippen molar-refractivity contribution in [2.45, 2.75) is 19.9 Å². The Morgan fingerprint density at radius 3 is 2.79 bits per heavy atom. The first-order chi connectivity index (χ1) is 11.4. The molecule has 0 aliphatic rings. The van der Waals surface area contributed by atoms with Crippen LogP contribution in [0.4, 0.5) is 17.5 Å². The number of anilines is 3. The molecule has 1 atom stereocenters. The first-order valence-corrected chi connectivity index (χ1v) is 8.27. The third-order valence-corrected chi connectivity index (χ3v) is 4.05. The fourth-order valence-electron chi connectivity index (χ4n) is 2.01. The third kappa shape index (κ3) is 4.65. The Labute approximate surface area is 148 Å². The monoisotopic (exact) mass is 393 g/mol. The molecular weight excluding hydrogens is 374 g/mol. The smallest absolute Gasteiger partial charge is 0.248 e. The molecular formula is C16H20BrN5O2. The Balaban J connectivity index is 2.21. The van der Waals surface area contributed by atoms with Gasteiger partial charge in [0.05, 0.1) is 17.1 Å². The lowest BCUT2D eigenvalue weighted by molar-refractivity contribution is 0.100. The predicted octanol–water partition coefficient (Wildman–Crippen LogP) is 2.51. The van der Waals surface area contributed by atoms with Gasteiger partial charge in [-0.05, 0) is 40.0 Å². The van der Waals surface area contributed by atoms with Gasteiger partial charge in [-0.1, -0.05) is 19.9 Å². The number of halogens is 1. The van der Waals surface area contributed by atoms with Gasteiger partial charge < -0.3 is 21.5 Å². The highest BCUT2D eigenvalue weighted by Gasteiger charge is 2.15. The number of aliphatic hydroxyl groups is 1. The lowest BCUT2D eigenvalue weighted by Gasteiger charge is -2.21. The van der Waals surface area contributed by atoms with Crippen molar-refractivity contribution in [2.24, 2.45) is 11.7 Å². The topological polar surface area (TPSA) is 113 Å². The summed E-state index contributed by atoms with van der Waals surface area (Å²) < 4.78 is 0.693. The van der Waals surface area contributed by atoms with Crippen LogP contribution in [0.3, 0.4) is 0 Å². The Bertz CT molecular complexity index is 723. The first kappa shape index (κ1) is 18.2. The Morgan fingerprint density at radius 1 is 1.42 bits per heavy atom. The maximum absolute atomic E-state index is 11.2. The fourth-order valence-corrected chi connectivity index (χ4v) is 2.31. The van der Waals surface area contributed by atoms with Crippen LogP contribution in [-0.4, -0.2) is 33.6 Å². The average molecular weight is 394 g/mol. The van der Waals surface area contributed by atoms with Gasteiger partial charge in [-0.2, -0.15) is 4.98 Å². The van der Waals surface area contributed by atoms with E-state index in [1.165, 1.54) is 0 Å². The summed E-state index contributed by atoms with van der Waals surface area (Å²) >= 11 is 3.40. The summed E-state index contributed by atoms with van der Waals surface area (Å²) in [6, 6.07) is 6.65. The zero-order chi connectivity index (χ0) is 17.7. The zero-order valence-electron chi connectivity index (χ0n) is 13.5. The molecule has 0 aliphatic carbocycles. The van der Waals surface area contributed by atoms with Crippen LogP contribution < -0.4 is 16.4 Å². The minimum absolute atomic E-state index is 0.00245. The minimum atomic E-state index is -0.500. The number of rotatable bonds is 7. The molecule has 0 unspecified atom stereocenters. The van der Waals surface area contributed by atoms with Crippen LogP contribution in [0.1, 0.15) is 24.2 Å². The lowest BCUT2D eigenvalue weighted by atomic mass is 10.1. The Kier molecular flexibility index (Phi) is 6.10. The molecule has 5 N–H and O–H groups in total. The molecule has 1 aromatic heterocycles. The molecule has 2 rings (SSSR count). The van der Waals surface area contributed by atoms with Gasteiger partial charge in [-0.25, -0.2) is 4.98 Å². The quantitative estimate of drug-likeness (QED) is 0.574. The molecule has 0 radical (unpaired) electrons. The van der Waals surface area contributed by atoms with E-state index >= 15 is 0 Å². The Hall–Kier alpha value is -2.19. The van der Waals surface area contributed by atoms with E-state index in [0.29, 0.717) is 27.5 Å². The summed E-state index contributed by atoms with van der Waals surface area (Å²) in [4.78, 5) is 19.8. The van der Waals surface area contributed by atoms with E-state index in [2.05, 4.69) is 36.5 Å². The maximum Gasteiger partial charge on any atom is 0.248 e. The molecule has 7 nitrogen and oxygen atoms in total. The van der Waals surface area contributed by atoms with Crippen LogP contribution >= 0.6 is 15.9 Å². The highest BCUT2D eigenvalue weighted by Crippen LogP contribution is 2.24. The largest absolute Gasteiger partial charge is 0.394 e. The number of amides is 1. The van der Waals surface area contributed by atoms with E-state index in [9.17, 15) is 9.90 Å². The van der Waals surface area contributed by atoms with Gasteiger partial charge in [0, 0.05) is 17.4 Å². The molecule has 0 bridgehead atoms. The van der Waals surface area contributed by atoms with E-state index in [-0.39, 0.29) is 18.6 Å². The predicted molar refractivity (Wildman–Crippen MR) is 97.3 cm³/mol. The van der Waals surface area contributed by atoms with Crippen molar-refractivity contribution in [3.05, 3.63) is 40.5 Å². The summed E-state index contributed by atoms with van der Waals surface area (Å²) in [5.41, 5.74) is 6.33. The molecule has 2 aromatic rings. The second kappa shape index (κ2) is 8.07. The van der Waals surface area contributed by atoms with Gasteiger partial charge in [0.1, 0.15) is 5.82 Å². The highest BCUT2D eigenvalue weighted by molar-refractivity contribution is 9.10.